The maximum atomic E-state index is 12.6. The van der Waals surface area contributed by atoms with Crippen molar-refractivity contribution in [2.24, 2.45) is 0 Å². The summed E-state index contributed by atoms with van der Waals surface area (Å²) in [4.78, 5) is 17.3. The van der Waals surface area contributed by atoms with Crippen LogP contribution in [0.15, 0.2) is 55.4 Å². The van der Waals surface area contributed by atoms with Crippen molar-refractivity contribution in [1.82, 2.24) is 9.47 Å². The zero-order valence-corrected chi connectivity index (χ0v) is 14.7. The van der Waals surface area contributed by atoms with Gasteiger partial charge in [-0.3, -0.25) is 0 Å². The lowest BCUT2D eigenvalue weighted by atomic mass is 10.1. The van der Waals surface area contributed by atoms with Crippen molar-refractivity contribution in [2.45, 2.75) is 6.92 Å². The average molecular weight is 339 g/mol. The van der Waals surface area contributed by atoms with E-state index in [4.69, 9.17) is 4.74 Å². The van der Waals surface area contributed by atoms with E-state index in [9.17, 15) is 4.79 Å². The predicted octanol–water partition coefficient (Wildman–Crippen LogP) is 2.96. The number of aromatic nitrogens is 1. The van der Waals surface area contributed by atoms with E-state index in [1.165, 1.54) is 0 Å². The highest BCUT2D eigenvalue weighted by atomic mass is 16.5. The van der Waals surface area contributed by atoms with Gasteiger partial charge in [0.1, 0.15) is 6.61 Å². The molecule has 1 aromatic heterocycles. The van der Waals surface area contributed by atoms with Crippen molar-refractivity contribution in [3.05, 3.63) is 60.9 Å². The van der Waals surface area contributed by atoms with Crippen molar-refractivity contribution in [2.75, 3.05) is 44.2 Å². The fraction of sp³-hybridized carbons (Fsp3) is 0.350. The maximum Gasteiger partial charge on any atom is 0.340 e. The summed E-state index contributed by atoms with van der Waals surface area (Å²) >= 11 is 0. The van der Waals surface area contributed by atoms with E-state index in [1.54, 1.807) is 6.08 Å². The molecule has 1 fully saturated rings. The van der Waals surface area contributed by atoms with Crippen LogP contribution in [-0.4, -0.2) is 54.8 Å². The van der Waals surface area contributed by atoms with Gasteiger partial charge in [-0.1, -0.05) is 19.6 Å². The number of piperazine rings is 1. The van der Waals surface area contributed by atoms with Crippen LogP contribution in [0.3, 0.4) is 0 Å². The molecule has 5 nitrogen and oxygen atoms in total. The molecule has 0 N–H and O–H groups in total. The summed E-state index contributed by atoms with van der Waals surface area (Å²) in [7, 11) is 0. The summed E-state index contributed by atoms with van der Waals surface area (Å²) in [5.41, 5.74) is 2.50. The number of esters is 1. The number of nitrogens with zero attached hydrogens (tertiary/aromatic N) is 3. The summed E-state index contributed by atoms with van der Waals surface area (Å²) in [5, 5.41) is 0. The summed E-state index contributed by atoms with van der Waals surface area (Å²) in [5.74, 6) is -0.304. The molecule has 0 spiro atoms. The Hall–Kier alpha value is -2.53. The van der Waals surface area contributed by atoms with E-state index in [0.717, 1.165) is 44.1 Å². The molecule has 0 atom stereocenters. The Morgan fingerprint density at radius 3 is 2.56 bits per heavy atom. The molecule has 1 aromatic carbocycles. The van der Waals surface area contributed by atoms with Crippen molar-refractivity contribution >= 4 is 11.7 Å². The van der Waals surface area contributed by atoms with Crippen LogP contribution in [0.25, 0.3) is 5.69 Å². The number of carbonyl (C=O) groups excluding carboxylic acids is 1. The zero-order chi connectivity index (χ0) is 17.6. The largest absolute Gasteiger partial charge is 0.458 e. The van der Waals surface area contributed by atoms with E-state index >= 15 is 0 Å². The lowest BCUT2D eigenvalue weighted by Crippen LogP contribution is -2.46. The molecule has 0 aliphatic carbocycles. The van der Waals surface area contributed by atoms with Gasteiger partial charge >= 0.3 is 5.97 Å². The van der Waals surface area contributed by atoms with Crippen LogP contribution in [0.1, 0.15) is 17.3 Å². The lowest BCUT2D eigenvalue weighted by Gasteiger charge is -2.36. The number of hydrogen-bond acceptors (Lipinski definition) is 4. The van der Waals surface area contributed by atoms with E-state index in [-0.39, 0.29) is 12.6 Å². The topological polar surface area (TPSA) is 37.7 Å². The number of rotatable bonds is 6. The van der Waals surface area contributed by atoms with Crippen LogP contribution >= 0.6 is 0 Å². The second-order valence-corrected chi connectivity index (χ2v) is 6.10. The lowest BCUT2D eigenvalue weighted by molar-refractivity contribution is 0.0550. The average Bonchev–Trinajstić information content (AvgIpc) is 3.20. The Morgan fingerprint density at radius 2 is 1.92 bits per heavy atom. The summed E-state index contributed by atoms with van der Waals surface area (Å²) in [6.45, 7) is 10.9. The number of carbonyl (C=O) groups is 1. The molecule has 1 aliphatic rings. The van der Waals surface area contributed by atoms with Gasteiger partial charge in [-0.05, 0) is 36.9 Å². The standard InChI is InChI=1S/C20H25N3O2/c1-3-15-25-20(24)18-16-17(22-9-5-6-10-22)7-8-19(18)23-13-11-21(4-2)12-14-23/h3,5-10,16H,1,4,11-15H2,2H3. The van der Waals surface area contributed by atoms with Gasteiger partial charge in [-0.25, -0.2) is 4.79 Å². The molecule has 132 valence electrons. The van der Waals surface area contributed by atoms with Crippen molar-refractivity contribution in [3.8, 4) is 5.69 Å². The smallest absolute Gasteiger partial charge is 0.340 e. The first-order valence-electron chi connectivity index (χ1n) is 8.75. The Balaban J connectivity index is 1.90. The SMILES string of the molecule is C=CCOC(=O)c1cc(-n2cccc2)ccc1N1CCN(CC)CC1. The third-order valence-corrected chi connectivity index (χ3v) is 4.60. The van der Waals surface area contributed by atoms with Gasteiger partial charge < -0.3 is 19.1 Å². The van der Waals surface area contributed by atoms with Crippen LogP contribution in [-0.2, 0) is 4.74 Å². The fourth-order valence-electron chi connectivity index (χ4n) is 3.15. The third-order valence-electron chi connectivity index (χ3n) is 4.60. The van der Waals surface area contributed by atoms with Gasteiger partial charge in [0.25, 0.3) is 0 Å². The Labute approximate surface area is 149 Å². The Morgan fingerprint density at radius 1 is 1.20 bits per heavy atom. The minimum atomic E-state index is -0.304. The number of likely N-dealkylation sites (N-methyl/N-ethyl adjacent to an activating group) is 1. The molecule has 0 radical (unpaired) electrons. The summed E-state index contributed by atoms with van der Waals surface area (Å²) in [6, 6.07) is 9.92. The molecule has 1 saturated heterocycles. The van der Waals surface area contributed by atoms with Gasteiger partial charge in [-0.2, -0.15) is 0 Å². The molecule has 3 rings (SSSR count). The third kappa shape index (κ3) is 3.94. The van der Waals surface area contributed by atoms with Crippen molar-refractivity contribution in [1.29, 1.82) is 0 Å². The molecule has 0 amide bonds. The van der Waals surface area contributed by atoms with Crippen LogP contribution in [0.4, 0.5) is 5.69 Å². The molecule has 0 unspecified atom stereocenters. The zero-order valence-electron chi connectivity index (χ0n) is 14.7. The van der Waals surface area contributed by atoms with Gasteiger partial charge in [0.2, 0.25) is 0 Å². The van der Waals surface area contributed by atoms with Crippen molar-refractivity contribution < 1.29 is 9.53 Å². The quantitative estimate of drug-likeness (QED) is 0.599. The summed E-state index contributed by atoms with van der Waals surface area (Å²) < 4.78 is 7.31. The Kier molecular flexibility index (Phi) is 5.56. The summed E-state index contributed by atoms with van der Waals surface area (Å²) in [6.07, 6.45) is 5.52. The molecule has 0 saturated carbocycles. The second-order valence-electron chi connectivity index (χ2n) is 6.10. The first-order chi connectivity index (χ1) is 12.2. The fourth-order valence-corrected chi connectivity index (χ4v) is 3.15. The second kappa shape index (κ2) is 8.03. The monoisotopic (exact) mass is 339 g/mol. The molecule has 1 aliphatic heterocycles. The van der Waals surface area contributed by atoms with Gasteiger partial charge in [0, 0.05) is 44.3 Å². The molecular weight excluding hydrogens is 314 g/mol. The number of hydrogen-bond donors (Lipinski definition) is 0. The minimum absolute atomic E-state index is 0.218. The molecule has 5 heteroatoms. The van der Waals surface area contributed by atoms with E-state index in [1.807, 2.05) is 47.3 Å². The maximum absolute atomic E-state index is 12.6. The highest BCUT2D eigenvalue weighted by Crippen LogP contribution is 2.26. The van der Waals surface area contributed by atoms with E-state index < -0.39 is 0 Å². The predicted molar refractivity (Wildman–Crippen MR) is 101 cm³/mol. The number of benzene rings is 1. The van der Waals surface area contributed by atoms with Gasteiger partial charge in [0.05, 0.1) is 11.3 Å². The molecule has 0 bridgehead atoms. The number of anilines is 1. The normalized spacial score (nSPS) is 15.2. The molecular formula is C20H25N3O2. The minimum Gasteiger partial charge on any atom is -0.458 e. The van der Waals surface area contributed by atoms with Crippen LogP contribution in [0.2, 0.25) is 0 Å². The first-order valence-corrected chi connectivity index (χ1v) is 8.75. The highest BCUT2D eigenvalue weighted by Gasteiger charge is 2.22. The van der Waals surface area contributed by atoms with Gasteiger partial charge in [-0.15, -0.1) is 0 Å². The van der Waals surface area contributed by atoms with Crippen LogP contribution < -0.4 is 4.90 Å². The number of ether oxygens (including phenoxy) is 1. The molecule has 25 heavy (non-hydrogen) atoms. The van der Waals surface area contributed by atoms with Crippen molar-refractivity contribution in [3.63, 3.8) is 0 Å². The first kappa shape index (κ1) is 17.3. The Bertz CT molecular complexity index is 717. The van der Waals surface area contributed by atoms with Gasteiger partial charge in [0.15, 0.2) is 0 Å². The van der Waals surface area contributed by atoms with E-state index in [0.29, 0.717) is 5.56 Å². The van der Waals surface area contributed by atoms with E-state index in [2.05, 4.69) is 23.3 Å². The molecule has 2 heterocycles. The van der Waals surface area contributed by atoms with Crippen LogP contribution in [0, 0.1) is 0 Å². The van der Waals surface area contributed by atoms with Crippen LogP contribution in [0.5, 0.6) is 0 Å². The molecule has 2 aromatic rings. The highest BCUT2D eigenvalue weighted by molar-refractivity contribution is 5.96.